The van der Waals surface area contributed by atoms with Gasteiger partial charge in [-0.1, -0.05) is 60.2 Å². The molecule has 0 aliphatic rings. The summed E-state index contributed by atoms with van der Waals surface area (Å²) < 4.78 is 0. The Morgan fingerprint density at radius 3 is 2.30 bits per heavy atom. The fourth-order valence-corrected chi connectivity index (χ4v) is 1.84. The van der Waals surface area contributed by atoms with Crippen molar-refractivity contribution in [3.63, 3.8) is 0 Å². The van der Waals surface area contributed by atoms with E-state index in [-0.39, 0.29) is 11.5 Å². The van der Waals surface area contributed by atoms with Crippen LogP contribution in [-0.2, 0) is 0 Å². The quantitative estimate of drug-likeness (QED) is 0.509. The molecule has 0 aliphatic carbocycles. The van der Waals surface area contributed by atoms with E-state index in [0.29, 0.717) is 5.56 Å². The molecule has 2 aromatic rings. The second-order valence-corrected chi connectivity index (χ2v) is 4.51. The zero-order valence-corrected chi connectivity index (χ0v) is 11.3. The molecule has 2 aromatic carbocycles. The molecule has 0 saturated carbocycles. The number of benzene rings is 2. The smallest absolute Gasteiger partial charge is 0.189 e. The predicted molar refractivity (Wildman–Crippen MR) is 81.7 cm³/mol. The van der Waals surface area contributed by atoms with E-state index in [1.165, 1.54) is 12.1 Å². The fourth-order valence-electron chi connectivity index (χ4n) is 1.84. The molecule has 0 unspecified atom stereocenters. The van der Waals surface area contributed by atoms with Crippen molar-refractivity contribution in [1.82, 2.24) is 0 Å². The van der Waals surface area contributed by atoms with Crippen molar-refractivity contribution in [2.75, 3.05) is 0 Å². The van der Waals surface area contributed by atoms with E-state index in [1.54, 1.807) is 24.3 Å². The molecular weight excluding hydrogens is 248 g/mol. The van der Waals surface area contributed by atoms with Crippen LogP contribution in [0, 0.1) is 0 Å². The Hall–Kier alpha value is -2.61. The normalized spacial score (nSPS) is 11.8. The summed E-state index contributed by atoms with van der Waals surface area (Å²) >= 11 is 0. The molecule has 0 aromatic heterocycles. The van der Waals surface area contributed by atoms with E-state index in [9.17, 15) is 9.90 Å². The molecule has 2 heteroatoms. The zero-order valence-electron chi connectivity index (χ0n) is 11.3. The number of aromatic hydroxyl groups is 1. The van der Waals surface area contributed by atoms with Crippen LogP contribution in [-0.4, -0.2) is 10.9 Å². The Kier molecular flexibility index (Phi) is 4.51. The van der Waals surface area contributed by atoms with Gasteiger partial charge in [0, 0.05) is 0 Å². The van der Waals surface area contributed by atoms with E-state index < -0.39 is 0 Å². The molecule has 0 spiro atoms. The van der Waals surface area contributed by atoms with Crippen molar-refractivity contribution in [3.05, 3.63) is 83.4 Å². The minimum atomic E-state index is -0.205. The van der Waals surface area contributed by atoms with Gasteiger partial charge in [0.1, 0.15) is 5.75 Å². The maximum Gasteiger partial charge on any atom is 0.189 e. The first-order chi connectivity index (χ1) is 9.66. The number of para-hydroxylation sites is 1. The average Bonchev–Trinajstić information content (AvgIpc) is 2.46. The third kappa shape index (κ3) is 3.69. The van der Waals surface area contributed by atoms with Gasteiger partial charge in [-0.3, -0.25) is 4.79 Å². The topological polar surface area (TPSA) is 37.3 Å². The maximum absolute atomic E-state index is 11.9. The number of phenols is 1. The monoisotopic (exact) mass is 264 g/mol. The largest absolute Gasteiger partial charge is 0.507 e. The molecule has 2 nitrogen and oxygen atoms in total. The number of rotatable bonds is 4. The highest BCUT2D eigenvalue weighted by atomic mass is 16.3. The number of phenolic OH excluding ortho intramolecular Hbond substituents is 1. The van der Waals surface area contributed by atoms with Crippen molar-refractivity contribution in [3.8, 4) is 5.75 Å². The highest BCUT2D eigenvalue weighted by Gasteiger charge is 2.05. The van der Waals surface area contributed by atoms with E-state index in [0.717, 1.165) is 11.1 Å². The molecule has 0 saturated heterocycles. The van der Waals surface area contributed by atoms with E-state index in [2.05, 4.69) is 0 Å². The van der Waals surface area contributed by atoms with Crippen LogP contribution in [0.1, 0.15) is 22.8 Å². The van der Waals surface area contributed by atoms with Gasteiger partial charge in [-0.05, 0) is 30.7 Å². The summed E-state index contributed by atoms with van der Waals surface area (Å²) in [6.45, 7) is 1.93. The number of hydrogen-bond acceptors (Lipinski definition) is 2. The lowest BCUT2D eigenvalue weighted by Crippen LogP contribution is -1.94. The molecule has 1 N–H and O–H groups in total. The van der Waals surface area contributed by atoms with E-state index in [4.69, 9.17) is 0 Å². The minimum Gasteiger partial charge on any atom is -0.507 e. The van der Waals surface area contributed by atoms with Crippen molar-refractivity contribution in [2.45, 2.75) is 6.92 Å². The average molecular weight is 264 g/mol. The summed E-state index contributed by atoms with van der Waals surface area (Å²) in [5, 5.41) is 9.61. The SMILES string of the molecule is CC(=C/c1ccccc1)/C=C/C(=O)c1ccccc1O. The molecule has 0 heterocycles. The van der Waals surface area contributed by atoms with E-state index >= 15 is 0 Å². The van der Waals surface area contributed by atoms with Gasteiger partial charge in [0.15, 0.2) is 5.78 Å². The second-order valence-electron chi connectivity index (χ2n) is 4.51. The van der Waals surface area contributed by atoms with Crippen LogP contribution < -0.4 is 0 Å². The molecule has 0 amide bonds. The summed E-state index contributed by atoms with van der Waals surface area (Å²) in [7, 11) is 0. The van der Waals surface area contributed by atoms with Crippen LogP contribution >= 0.6 is 0 Å². The molecule has 0 bridgehead atoms. The Morgan fingerprint density at radius 2 is 1.60 bits per heavy atom. The van der Waals surface area contributed by atoms with Gasteiger partial charge in [-0.15, -0.1) is 0 Å². The Morgan fingerprint density at radius 1 is 0.950 bits per heavy atom. The maximum atomic E-state index is 11.9. The second kappa shape index (κ2) is 6.53. The van der Waals surface area contributed by atoms with Crippen molar-refractivity contribution in [2.24, 2.45) is 0 Å². The lowest BCUT2D eigenvalue weighted by molar-refractivity contribution is 0.104. The van der Waals surface area contributed by atoms with E-state index in [1.807, 2.05) is 43.3 Å². The van der Waals surface area contributed by atoms with Gasteiger partial charge < -0.3 is 5.11 Å². The highest BCUT2D eigenvalue weighted by molar-refractivity contribution is 6.06. The zero-order chi connectivity index (χ0) is 14.4. The minimum absolute atomic E-state index is 0.00634. The summed E-state index contributed by atoms with van der Waals surface area (Å²) in [6, 6.07) is 16.4. The number of ketones is 1. The molecule has 0 fully saturated rings. The number of carbonyl (C=O) groups is 1. The Labute approximate surface area is 118 Å². The lowest BCUT2D eigenvalue weighted by Gasteiger charge is -1.99. The summed E-state index contributed by atoms with van der Waals surface area (Å²) in [5.74, 6) is -0.198. The molecule has 0 radical (unpaired) electrons. The van der Waals surface area contributed by atoms with Gasteiger partial charge in [0.2, 0.25) is 0 Å². The van der Waals surface area contributed by atoms with Crippen LogP contribution in [0.15, 0.2) is 72.3 Å². The lowest BCUT2D eigenvalue weighted by atomic mass is 10.1. The summed E-state index contributed by atoms with van der Waals surface area (Å²) in [6.07, 6.45) is 5.22. The fraction of sp³-hybridized carbons (Fsp3) is 0.0556. The first kappa shape index (κ1) is 13.8. The van der Waals surface area contributed by atoms with Crippen molar-refractivity contribution >= 4 is 11.9 Å². The van der Waals surface area contributed by atoms with Crippen molar-refractivity contribution in [1.29, 1.82) is 0 Å². The Bertz CT molecular complexity index is 652. The number of hydrogen-bond donors (Lipinski definition) is 1. The van der Waals surface area contributed by atoms with Crippen LogP contribution in [0.5, 0.6) is 5.75 Å². The van der Waals surface area contributed by atoms with Gasteiger partial charge >= 0.3 is 0 Å². The third-order valence-corrected chi connectivity index (χ3v) is 2.86. The Balaban J connectivity index is 2.12. The third-order valence-electron chi connectivity index (χ3n) is 2.86. The van der Waals surface area contributed by atoms with Gasteiger partial charge in [-0.2, -0.15) is 0 Å². The standard InChI is InChI=1S/C18H16O2/c1-14(13-15-7-3-2-4-8-15)11-12-18(20)16-9-5-6-10-17(16)19/h2-13,19H,1H3/b12-11+,14-13-. The molecule has 100 valence electrons. The molecule has 0 atom stereocenters. The predicted octanol–water partition coefficient (Wildman–Crippen LogP) is 4.23. The summed E-state index contributed by atoms with van der Waals surface area (Å²) in [4.78, 5) is 11.9. The van der Waals surface area contributed by atoms with Gasteiger partial charge in [-0.25, -0.2) is 0 Å². The van der Waals surface area contributed by atoms with Gasteiger partial charge in [0.25, 0.3) is 0 Å². The molecule has 0 aliphatic heterocycles. The van der Waals surface area contributed by atoms with Crippen LogP contribution in [0.2, 0.25) is 0 Å². The first-order valence-corrected chi connectivity index (χ1v) is 6.40. The summed E-state index contributed by atoms with van der Waals surface area (Å²) in [5.41, 5.74) is 2.38. The van der Waals surface area contributed by atoms with Gasteiger partial charge in [0.05, 0.1) is 5.56 Å². The molecular formula is C18H16O2. The molecule has 20 heavy (non-hydrogen) atoms. The van der Waals surface area contributed by atoms with Crippen LogP contribution in [0.3, 0.4) is 0 Å². The first-order valence-electron chi connectivity index (χ1n) is 6.40. The van der Waals surface area contributed by atoms with Crippen molar-refractivity contribution < 1.29 is 9.90 Å². The van der Waals surface area contributed by atoms with Crippen LogP contribution in [0.4, 0.5) is 0 Å². The highest BCUT2D eigenvalue weighted by Crippen LogP contribution is 2.17. The number of carbonyl (C=O) groups excluding carboxylic acids is 1. The molecule has 2 rings (SSSR count). The van der Waals surface area contributed by atoms with Crippen LogP contribution in [0.25, 0.3) is 6.08 Å². The number of allylic oxidation sites excluding steroid dienone is 3.